The van der Waals surface area contributed by atoms with Crippen LogP contribution in [0.4, 0.5) is 0 Å². The minimum absolute atomic E-state index is 0.105. The Morgan fingerprint density at radius 3 is 2.46 bits per heavy atom. The fourth-order valence-electron chi connectivity index (χ4n) is 3.46. The summed E-state index contributed by atoms with van der Waals surface area (Å²) in [6.45, 7) is 0. The van der Waals surface area contributed by atoms with Crippen LogP contribution in [-0.2, 0) is 9.59 Å². The van der Waals surface area contributed by atoms with Gasteiger partial charge in [-0.15, -0.1) is 0 Å². The molecule has 1 aromatic carbocycles. The van der Waals surface area contributed by atoms with Gasteiger partial charge in [-0.05, 0) is 36.5 Å². The third kappa shape index (κ3) is 2.82. The smallest absolute Gasteiger partial charge is 0.273 e. The summed E-state index contributed by atoms with van der Waals surface area (Å²) in [4.78, 5) is 35.6. The van der Waals surface area contributed by atoms with E-state index >= 15 is 0 Å². The van der Waals surface area contributed by atoms with Crippen molar-refractivity contribution in [1.29, 1.82) is 0 Å². The first kappa shape index (κ1) is 16.3. The van der Waals surface area contributed by atoms with Crippen LogP contribution >= 0.6 is 11.6 Å². The quantitative estimate of drug-likeness (QED) is 0.524. The molecule has 0 saturated heterocycles. The van der Waals surface area contributed by atoms with Crippen LogP contribution in [0.15, 0.2) is 30.4 Å². The number of phenols is 1. The predicted octanol–water partition coefficient (Wildman–Crippen LogP) is -0.00520. The van der Waals surface area contributed by atoms with Gasteiger partial charge in [-0.1, -0.05) is 23.8 Å². The number of aromatic hydroxyl groups is 1. The van der Waals surface area contributed by atoms with Crippen molar-refractivity contribution in [2.45, 2.75) is 6.42 Å². The Balaban J connectivity index is 1.67. The first-order valence-corrected chi connectivity index (χ1v) is 7.74. The minimum atomic E-state index is -1.27. The molecule has 3 N–H and O–H groups in total. The van der Waals surface area contributed by atoms with Gasteiger partial charge in [-0.2, -0.15) is 0 Å². The van der Waals surface area contributed by atoms with Gasteiger partial charge in [-0.3, -0.25) is 20.4 Å². The van der Waals surface area contributed by atoms with Crippen LogP contribution in [0.2, 0.25) is 5.02 Å². The summed E-state index contributed by atoms with van der Waals surface area (Å²) in [7, 11) is 0. The predicted molar refractivity (Wildman–Crippen MR) is 81.4 cm³/mol. The number of nitrogens with one attached hydrogen (secondary N) is 2. The second-order valence-electron chi connectivity index (χ2n) is 5.92. The summed E-state index contributed by atoms with van der Waals surface area (Å²) in [5, 5.41) is 21.2. The lowest BCUT2D eigenvalue weighted by atomic mass is 9.82. The molecule has 0 unspecified atom stereocenters. The Morgan fingerprint density at radius 1 is 1.12 bits per heavy atom. The molecule has 2 bridgehead atoms. The summed E-state index contributed by atoms with van der Waals surface area (Å²) in [5.41, 5.74) is 4.29. The zero-order valence-corrected chi connectivity index (χ0v) is 13.1. The van der Waals surface area contributed by atoms with E-state index in [-0.39, 0.29) is 28.2 Å². The Morgan fingerprint density at radius 2 is 1.79 bits per heavy atom. The molecule has 1 fully saturated rings. The lowest BCUT2D eigenvalue weighted by Crippen LogP contribution is -2.50. The van der Waals surface area contributed by atoms with E-state index in [2.05, 4.69) is 10.9 Å². The molecule has 0 aromatic heterocycles. The number of carbonyl (C=O) groups is 3. The maximum absolute atomic E-state index is 12.3. The van der Waals surface area contributed by atoms with E-state index in [0.717, 1.165) is 0 Å². The van der Waals surface area contributed by atoms with Gasteiger partial charge in [0.1, 0.15) is 5.75 Å². The number of carbonyl (C=O) groups excluding carboxylic acids is 3. The molecule has 2 aliphatic carbocycles. The molecule has 0 spiro atoms. The maximum atomic E-state index is 12.3. The van der Waals surface area contributed by atoms with Crippen molar-refractivity contribution < 1.29 is 24.6 Å². The van der Waals surface area contributed by atoms with Gasteiger partial charge in [0.25, 0.3) is 5.91 Å². The molecule has 126 valence electrons. The van der Waals surface area contributed by atoms with E-state index < -0.39 is 29.6 Å². The highest BCUT2D eigenvalue weighted by molar-refractivity contribution is 6.31. The molecule has 4 atom stereocenters. The highest BCUT2D eigenvalue weighted by Crippen LogP contribution is 2.47. The van der Waals surface area contributed by atoms with Crippen molar-refractivity contribution in [2.75, 3.05) is 0 Å². The van der Waals surface area contributed by atoms with Crippen molar-refractivity contribution in [3.8, 4) is 5.75 Å². The molecule has 1 saturated carbocycles. The number of carboxylic acids is 1. The van der Waals surface area contributed by atoms with Crippen molar-refractivity contribution in [3.63, 3.8) is 0 Å². The number of hydrogen-bond donors (Lipinski definition) is 3. The molecule has 7 nitrogen and oxygen atoms in total. The van der Waals surface area contributed by atoms with Crippen molar-refractivity contribution in [1.82, 2.24) is 10.9 Å². The lowest BCUT2D eigenvalue weighted by molar-refractivity contribution is -0.313. The molecule has 0 radical (unpaired) electrons. The summed E-state index contributed by atoms with van der Waals surface area (Å²) in [5.74, 6) is -5.03. The molecule has 2 aliphatic rings. The van der Waals surface area contributed by atoms with Gasteiger partial charge in [0.15, 0.2) is 0 Å². The number of halogens is 1. The Hall–Kier alpha value is -2.54. The molecule has 1 aromatic rings. The van der Waals surface area contributed by atoms with Crippen LogP contribution in [0.1, 0.15) is 16.8 Å². The molecular weight excluding hydrogens is 336 g/mol. The van der Waals surface area contributed by atoms with Crippen LogP contribution in [0.5, 0.6) is 5.75 Å². The van der Waals surface area contributed by atoms with Crippen molar-refractivity contribution in [3.05, 3.63) is 40.9 Å². The molecule has 0 aliphatic heterocycles. The highest BCUT2D eigenvalue weighted by atomic mass is 35.5. The van der Waals surface area contributed by atoms with Crippen LogP contribution in [0.25, 0.3) is 0 Å². The number of hydrogen-bond acceptors (Lipinski definition) is 5. The molecule has 3 rings (SSSR count). The van der Waals surface area contributed by atoms with Gasteiger partial charge < -0.3 is 15.0 Å². The first-order chi connectivity index (χ1) is 11.4. The van der Waals surface area contributed by atoms with Crippen molar-refractivity contribution >= 4 is 29.4 Å². The molecule has 2 amide bonds. The maximum Gasteiger partial charge on any atom is 0.273 e. The van der Waals surface area contributed by atoms with Crippen LogP contribution < -0.4 is 16.0 Å². The average molecular weight is 350 g/mol. The van der Waals surface area contributed by atoms with E-state index in [9.17, 15) is 24.6 Å². The molecule has 24 heavy (non-hydrogen) atoms. The van der Waals surface area contributed by atoms with E-state index in [0.29, 0.717) is 6.42 Å². The van der Waals surface area contributed by atoms with E-state index in [1.165, 1.54) is 18.2 Å². The van der Waals surface area contributed by atoms with Crippen molar-refractivity contribution in [2.24, 2.45) is 23.7 Å². The fraction of sp³-hybridized carbons (Fsp3) is 0.312. The summed E-state index contributed by atoms with van der Waals surface area (Å²) in [6.07, 6.45) is 4.19. The highest BCUT2D eigenvalue weighted by Gasteiger charge is 2.48. The van der Waals surface area contributed by atoms with Gasteiger partial charge >= 0.3 is 0 Å². The van der Waals surface area contributed by atoms with Crippen LogP contribution in [0, 0.1) is 23.7 Å². The van der Waals surface area contributed by atoms with Crippen LogP contribution in [0.3, 0.4) is 0 Å². The Bertz CT molecular complexity index is 748. The largest absolute Gasteiger partial charge is 0.550 e. The summed E-state index contributed by atoms with van der Waals surface area (Å²) in [6, 6.07) is 3.92. The zero-order chi connectivity index (χ0) is 17.4. The second kappa shape index (κ2) is 6.16. The normalized spacial score (nSPS) is 27.0. The first-order valence-electron chi connectivity index (χ1n) is 7.36. The summed E-state index contributed by atoms with van der Waals surface area (Å²) < 4.78 is 0. The number of amides is 2. The topological polar surface area (TPSA) is 119 Å². The lowest BCUT2D eigenvalue weighted by Gasteiger charge is -2.27. The zero-order valence-electron chi connectivity index (χ0n) is 12.4. The van der Waals surface area contributed by atoms with Gasteiger partial charge in [-0.25, -0.2) is 0 Å². The van der Waals surface area contributed by atoms with Gasteiger partial charge in [0.2, 0.25) is 5.91 Å². The Kier molecular flexibility index (Phi) is 4.19. The fourth-order valence-corrected chi connectivity index (χ4v) is 3.63. The summed E-state index contributed by atoms with van der Waals surface area (Å²) >= 11 is 5.77. The SMILES string of the molecule is O=C(NNC(=O)[C@@H]1[C@@H](C(=O)[O-])[C@H]2C=C[C@@H]1C2)c1cc(Cl)ccc1O. The number of fused-ring (bicyclic) bond motifs is 2. The van der Waals surface area contributed by atoms with Crippen LogP contribution in [-0.4, -0.2) is 22.9 Å². The average Bonchev–Trinajstić information content (AvgIpc) is 3.15. The minimum Gasteiger partial charge on any atom is -0.550 e. The Labute approximate surface area is 142 Å². The number of allylic oxidation sites excluding steroid dienone is 2. The number of aliphatic carboxylic acids is 1. The molecule has 8 heteroatoms. The van der Waals surface area contributed by atoms with E-state index in [1.807, 2.05) is 6.08 Å². The van der Waals surface area contributed by atoms with Gasteiger partial charge in [0.05, 0.1) is 11.5 Å². The third-order valence-electron chi connectivity index (χ3n) is 4.54. The van der Waals surface area contributed by atoms with E-state index in [4.69, 9.17) is 11.6 Å². The van der Waals surface area contributed by atoms with E-state index in [1.54, 1.807) is 6.08 Å². The number of rotatable bonds is 3. The number of hydrazine groups is 1. The molecular formula is C16H14ClN2O5-. The number of benzene rings is 1. The monoisotopic (exact) mass is 349 g/mol. The number of carboxylic acid groups (broad SMARTS) is 1. The van der Waals surface area contributed by atoms with Gasteiger partial charge in [0, 0.05) is 16.9 Å². The number of phenolic OH excluding ortho intramolecular Hbond substituents is 1. The second-order valence-corrected chi connectivity index (χ2v) is 6.36. The standard InChI is InChI=1S/C16H15ClN2O5/c17-9-3-4-11(20)10(6-9)14(21)18-19-15(22)12-7-1-2-8(5-7)13(12)16(23)24/h1-4,6-8,12-13,20H,5H2,(H,18,21)(H,19,22)(H,23,24)/p-1/t7-,8+,12+,13+/m1/s1. The molecule has 0 heterocycles. The third-order valence-corrected chi connectivity index (χ3v) is 4.77.